The zero-order valence-electron chi connectivity index (χ0n) is 19.9. The molecule has 0 aliphatic heterocycles. The summed E-state index contributed by atoms with van der Waals surface area (Å²) in [4.78, 5) is 24.0. The monoisotopic (exact) mass is 446 g/mol. The number of unbranched alkanes of at least 4 members (excludes halogenated alkanes) is 5. The highest BCUT2D eigenvalue weighted by Gasteiger charge is 2.22. The van der Waals surface area contributed by atoms with Crippen molar-refractivity contribution in [3.05, 3.63) is 56.6 Å². The van der Waals surface area contributed by atoms with E-state index >= 15 is 0 Å². The lowest BCUT2D eigenvalue weighted by Gasteiger charge is -2.24. The van der Waals surface area contributed by atoms with Gasteiger partial charge in [-0.15, -0.1) is 0 Å². The Kier molecular flexibility index (Phi) is 9.17. The molecule has 0 spiro atoms. The zero-order chi connectivity index (χ0) is 23.8. The third-order valence-electron chi connectivity index (χ3n) is 6.12. The van der Waals surface area contributed by atoms with Gasteiger partial charge in [-0.2, -0.15) is 0 Å². The summed E-state index contributed by atoms with van der Waals surface area (Å²) in [5.41, 5.74) is 0.340. The molecule has 0 saturated heterocycles. The van der Waals surface area contributed by atoms with E-state index in [0.717, 1.165) is 51.1 Å². The summed E-state index contributed by atoms with van der Waals surface area (Å²) in [6.45, 7) is 8.58. The highest BCUT2D eigenvalue weighted by molar-refractivity contribution is 5.22. The molecule has 0 saturated carbocycles. The molecule has 0 aromatic carbocycles. The van der Waals surface area contributed by atoms with Crippen molar-refractivity contribution in [2.75, 3.05) is 0 Å². The average molecular weight is 447 g/mol. The van der Waals surface area contributed by atoms with Crippen molar-refractivity contribution < 1.29 is 19.0 Å². The topological polar surface area (TPSA) is 101 Å². The fourth-order valence-electron chi connectivity index (χ4n) is 4.27. The van der Waals surface area contributed by atoms with Gasteiger partial charge in [-0.25, -0.2) is 0 Å². The van der Waals surface area contributed by atoms with Crippen LogP contribution in [0, 0.1) is 10.8 Å². The summed E-state index contributed by atoms with van der Waals surface area (Å²) in [5.74, 6) is -0.654. The van der Waals surface area contributed by atoms with Crippen molar-refractivity contribution in [3.63, 3.8) is 0 Å². The molecule has 0 amide bonds. The molecule has 0 unspecified atom stereocenters. The maximum atomic E-state index is 12.0. The molecule has 2 heterocycles. The van der Waals surface area contributed by atoms with Crippen molar-refractivity contribution in [1.29, 1.82) is 0 Å². The van der Waals surface area contributed by atoms with Crippen LogP contribution in [0.5, 0.6) is 11.5 Å². The molecule has 6 heteroatoms. The van der Waals surface area contributed by atoms with Gasteiger partial charge in [0.15, 0.2) is 11.5 Å². The van der Waals surface area contributed by atoms with E-state index in [1.807, 2.05) is 0 Å². The molecule has 2 rings (SSSR count). The molecule has 32 heavy (non-hydrogen) atoms. The molecule has 0 radical (unpaired) electrons. The summed E-state index contributed by atoms with van der Waals surface area (Å²) in [6.07, 6.45) is 15.1. The second-order valence-electron chi connectivity index (χ2n) is 10.5. The smallest absolute Gasteiger partial charge is 0.229 e. The molecule has 0 aliphatic carbocycles. The Balaban J connectivity index is 1.62. The lowest BCUT2D eigenvalue weighted by atomic mass is 9.80. The van der Waals surface area contributed by atoms with Crippen LogP contribution >= 0.6 is 0 Å². The van der Waals surface area contributed by atoms with Crippen LogP contribution in [-0.4, -0.2) is 10.2 Å². The Morgan fingerprint density at radius 2 is 0.969 bits per heavy atom. The standard InChI is InChI=1S/C26H38O6/c1-25(2,13-19-15-31-17-21(27)23(19)29)11-9-7-5-6-8-10-12-26(3,4)14-20-16-32-18-22(28)24(20)30/h15-18,27-28H,5-14H2,1-4H3. The van der Waals surface area contributed by atoms with Crippen LogP contribution in [0.2, 0.25) is 0 Å². The van der Waals surface area contributed by atoms with Gasteiger partial charge in [0.2, 0.25) is 10.9 Å². The lowest BCUT2D eigenvalue weighted by molar-refractivity contribution is 0.304. The number of hydrogen-bond acceptors (Lipinski definition) is 6. The average Bonchev–Trinajstić information content (AvgIpc) is 2.70. The van der Waals surface area contributed by atoms with Crippen LogP contribution in [0.4, 0.5) is 0 Å². The first kappa shape index (κ1) is 25.8. The van der Waals surface area contributed by atoms with Crippen LogP contribution in [0.3, 0.4) is 0 Å². The van der Waals surface area contributed by atoms with Crippen molar-refractivity contribution in [1.82, 2.24) is 0 Å². The molecule has 2 N–H and O–H groups in total. The maximum absolute atomic E-state index is 12.0. The van der Waals surface area contributed by atoms with E-state index in [2.05, 4.69) is 27.7 Å². The van der Waals surface area contributed by atoms with Crippen LogP contribution < -0.4 is 10.9 Å². The molecule has 0 atom stereocenters. The molecule has 0 fully saturated rings. The highest BCUT2D eigenvalue weighted by atomic mass is 16.3. The largest absolute Gasteiger partial charge is 0.502 e. The Morgan fingerprint density at radius 1 is 0.625 bits per heavy atom. The van der Waals surface area contributed by atoms with E-state index < -0.39 is 0 Å². The zero-order valence-corrected chi connectivity index (χ0v) is 19.9. The van der Waals surface area contributed by atoms with Crippen molar-refractivity contribution in [2.45, 2.75) is 91.9 Å². The van der Waals surface area contributed by atoms with E-state index in [4.69, 9.17) is 8.83 Å². The molecule has 0 bridgehead atoms. The minimum atomic E-state index is -0.336. The first-order valence-corrected chi connectivity index (χ1v) is 11.6. The minimum Gasteiger partial charge on any atom is -0.502 e. The van der Waals surface area contributed by atoms with Gasteiger partial charge >= 0.3 is 0 Å². The number of rotatable bonds is 13. The minimum absolute atomic E-state index is 0.0227. The van der Waals surface area contributed by atoms with Gasteiger partial charge < -0.3 is 19.0 Å². The van der Waals surface area contributed by atoms with Crippen LogP contribution in [-0.2, 0) is 12.8 Å². The first-order chi connectivity index (χ1) is 15.0. The fraction of sp³-hybridized carbons (Fsp3) is 0.615. The van der Waals surface area contributed by atoms with Crippen LogP contribution in [0.25, 0.3) is 0 Å². The Morgan fingerprint density at radius 3 is 1.34 bits per heavy atom. The Bertz CT molecular complexity index is 887. The van der Waals surface area contributed by atoms with E-state index in [1.54, 1.807) is 0 Å². The second kappa shape index (κ2) is 11.4. The fourth-order valence-corrected chi connectivity index (χ4v) is 4.27. The maximum Gasteiger partial charge on any atom is 0.229 e. The van der Waals surface area contributed by atoms with Gasteiger partial charge in [-0.3, -0.25) is 9.59 Å². The van der Waals surface area contributed by atoms with E-state index in [9.17, 15) is 19.8 Å². The van der Waals surface area contributed by atoms with Gasteiger partial charge in [0.1, 0.15) is 12.5 Å². The number of aromatic hydroxyl groups is 2. The Labute approximate surface area is 190 Å². The summed E-state index contributed by atoms with van der Waals surface area (Å²) < 4.78 is 10.1. The van der Waals surface area contributed by atoms with Gasteiger partial charge in [0.05, 0.1) is 12.5 Å². The predicted molar refractivity (Wildman–Crippen MR) is 125 cm³/mol. The van der Waals surface area contributed by atoms with Crippen LogP contribution in [0.1, 0.15) is 90.2 Å². The predicted octanol–water partition coefficient (Wildman–Crippen LogP) is 5.96. The molecule has 178 valence electrons. The molecular weight excluding hydrogens is 408 g/mol. The summed E-state index contributed by atoms with van der Waals surface area (Å²) in [5, 5.41) is 19.1. The highest BCUT2D eigenvalue weighted by Crippen LogP contribution is 2.30. The lowest BCUT2D eigenvalue weighted by Crippen LogP contribution is -2.20. The van der Waals surface area contributed by atoms with E-state index in [-0.39, 0.29) is 33.2 Å². The molecule has 6 nitrogen and oxygen atoms in total. The quantitative estimate of drug-likeness (QED) is 0.368. The van der Waals surface area contributed by atoms with Gasteiger partial charge in [-0.05, 0) is 36.5 Å². The molecule has 2 aromatic heterocycles. The normalized spacial score (nSPS) is 12.2. The van der Waals surface area contributed by atoms with Gasteiger partial charge in [0, 0.05) is 11.1 Å². The molecular formula is C26H38O6. The SMILES string of the molecule is CC(C)(CCCCCCCCC(C)(C)Cc1cocc(O)c1=O)Cc1cocc(O)c1=O. The molecule has 0 aliphatic rings. The number of hydrogen-bond donors (Lipinski definition) is 2. The van der Waals surface area contributed by atoms with Crippen LogP contribution in [0.15, 0.2) is 43.5 Å². The second-order valence-corrected chi connectivity index (χ2v) is 10.5. The Hall–Kier alpha value is -2.50. The van der Waals surface area contributed by atoms with E-state index in [0.29, 0.717) is 24.0 Å². The third kappa shape index (κ3) is 8.21. The first-order valence-electron chi connectivity index (χ1n) is 11.6. The van der Waals surface area contributed by atoms with E-state index in [1.165, 1.54) is 25.4 Å². The molecule has 2 aromatic rings. The van der Waals surface area contributed by atoms with Crippen molar-refractivity contribution >= 4 is 0 Å². The summed E-state index contributed by atoms with van der Waals surface area (Å²) in [7, 11) is 0. The van der Waals surface area contributed by atoms with Crippen molar-refractivity contribution in [3.8, 4) is 11.5 Å². The summed E-state index contributed by atoms with van der Waals surface area (Å²) in [6, 6.07) is 0. The third-order valence-corrected chi connectivity index (χ3v) is 6.12. The van der Waals surface area contributed by atoms with Gasteiger partial charge in [-0.1, -0.05) is 66.2 Å². The summed E-state index contributed by atoms with van der Waals surface area (Å²) >= 11 is 0. The van der Waals surface area contributed by atoms with Crippen molar-refractivity contribution in [2.24, 2.45) is 10.8 Å². The van der Waals surface area contributed by atoms with Gasteiger partial charge in [0.25, 0.3) is 0 Å².